The minimum Gasteiger partial charge on any atom is -0.454 e. The third-order valence-corrected chi connectivity index (χ3v) is 14.7. The lowest BCUT2D eigenvalue weighted by Crippen LogP contribution is -2.14. The maximum absolute atomic E-state index is 13.0. The first-order valence-corrected chi connectivity index (χ1v) is 24.0. The van der Waals surface area contributed by atoms with E-state index in [1.54, 1.807) is 106 Å². The zero-order chi connectivity index (χ0) is 69.8. The van der Waals surface area contributed by atoms with E-state index in [-0.39, 0.29) is 38.7 Å². The van der Waals surface area contributed by atoms with Crippen molar-refractivity contribution in [3.05, 3.63) is 234 Å². The minimum absolute atomic E-state index is 0.295. The first-order chi connectivity index (χ1) is 47.2. The van der Waals surface area contributed by atoms with Crippen molar-refractivity contribution in [1.82, 2.24) is 18.3 Å². The number of nitriles is 1. The monoisotopic (exact) mass is 1000 g/mol. The van der Waals surface area contributed by atoms with Gasteiger partial charge < -0.3 is 27.1 Å². The Morgan fingerprint density at radius 2 is 0.883 bits per heavy atom. The molecule has 0 aliphatic rings. The number of para-hydroxylation sites is 7. The second-order valence-electron chi connectivity index (χ2n) is 18.4. The van der Waals surface area contributed by atoms with Gasteiger partial charge in [0.25, 0.3) is 0 Å². The van der Waals surface area contributed by atoms with Crippen molar-refractivity contribution in [2.45, 2.75) is 6.85 Å². The summed E-state index contributed by atoms with van der Waals surface area (Å²) >= 11 is 0. The Balaban J connectivity index is 1.28. The fourth-order valence-corrected chi connectivity index (χ4v) is 11.8. The molecule has 0 aliphatic heterocycles. The summed E-state index contributed by atoms with van der Waals surface area (Å²) in [5.41, 5.74) is -6.23. The second kappa shape index (κ2) is 15.1. The van der Waals surface area contributed by atoms with E-state index in [0.29, 0.717) is 43.6 Å². The van der Waals surface area contributed by atoms with Crippen molar-refractivity contribution in [1.29, 1.82) is 5.26 Å². The molecule has 17 aromatic rings. The molecule has 17 rings (SSSR count). The van der Waals surface area contributed by atoms with Crippen LogP contribution in [0.5, 0.6) is 0 Å². The minimum atomic E-state index is -3.31. The lowest BCUT2D eigenvalue weighted by Gasteiger charge is -2.27. The molecule has 0 unspecified atom stereocenters. The van der Waals surface area contributed by atoms with Crippen molar-refractivity contribution in [3.63, 3.8) is 0 Å². The van der Waals surface area contributed by atoms with Crippen LogP contribution in [0.3, 0.4) is 0 Å². The van der Waals surface area contributed by atoms with Gasteiger partial charge in [-0.3, -0.25) is 0 Å². The van der Waals surface area contributed by atoms with Crippen LogP contribution in [0.4, 0.5) is 5.69 Å². The summed E-state index contributed by atoms with van der Waals surface area (Å²) in [6, 6.07) is 15.5. The van der Waals surface area contributed by atoms with Gasteiger partial charge in [0.1, 0.15) is 17.2 Å². The molecule has 0 fully saturated rings. The van der Waals surface area contributed by atoms with E-state index in [4.69, 9.17) is 18.4 Å². The van der Waals surface area contributed by atoms with Crippen LogP contribution in [0.1, 0.15) is 41.3 Å². The molecule has 0 N–H and O–H groups in total. The molecule has 0 saturated carbocycles. The van der Waals surface area contributed by atoms with Crippen molar-refractivity contribution in [2.24, 2.45) is 0 Å². The van der Waals surface area contributed by atoms with Gasteiger partial charge in [-0.2, -0.15) is 5.26 Å². The maximum Gasteiger partial charge on any atom is 0.237 e. The first-order valence-electron chi connectivity index (χ1n) is 35.0. The summed E-state index contributed by atoms with van der Waals surface area (Å²) in [6.45, 7) is 6.68. The van der Waals surface area contributed by atoms with E-state index < -0.39 is 210 Å². The van der Waals surface area contributed by atoms with Gasteiger partial charge in [-0.1, -0.05) is 151 Å². The van der Waals surface area contributed by atoms with Gasteiger partial charge in [0.2, 0.25) is 5.69 Å². The van der Waals surface area contributed by atoms with Crippen LogP contribution in [0.15, 0.2) is 221 Å². The number of hydrogen-bond donors (Lipinski definition) is 0. The van der Waals surface area contributed by atoms with E-state index in [9.17, 15) is 32.4 Å². The standard InChI is InChI=1S/C69H38N6O2/c1-39-31-36-58-51(37-39)48-33-35-50-46-23-9-16-30-60(46)77-69(50)65(48)74(58)62-52(38-70)63(72-53-24-10-3-17-40(53)41-18-4-11-25-54(41)72)67(66(61(62)71-2)73-55-26-12-5-19-42(55)43-20-6-13-27-56(43)73)75-57-28-14-7-21-44(57)47-32-34-49-45-22-8-15-29-59(45)76-68(49)64(47)75/h3-37H,1H3/i1D3,7D,8D,9D,14D,15D,16D,21D,22D,23D,28D,29D,30D,31D,32D,33D,34D,35D,36D,37D. The SMILES string of the molecule is [2H]c1c([2H])c([2H])c2c(oc3c2c([2H])c([2H])c2c4c([2H])c([2H])c([2H])c([2H])c4n(-c4c(-n5c6ccccc6c6ccccc65)c(C#N)c(-n5c6c([2H])c([2H])c(C([2H])([2H])[2H])c([2H])c6c6c([2H])c([2H])c7c(oc8c([2H])c([2H])c([2H])c([2H])c87)c65)c([N+]#[C-])c4-n4c5ccccc5c5ccccc54)c32)c1[2H]. The Labute approximate surface area is 468 Å². The van der Waals surface area contributed by atoms with E-state index in [1.807, 2.05) is 0 Å². The zero-order valence-corrected chi connectivity index (χ0v) is 39.2. The maximum atomic E-state index is 13.0. The van der Waals surface area contributed by atoms with Crippen LogP contribution in [-0.2, 0) is 0 Å². The smallest absolute Gasteiger partial charge is 0.237 e. The number of hydrogen-bond acceptors (Lipinski definition) is 3. The molecule has 77 heavy (non-hydrogen) atoms. The molecule has 0 amide bonds. The normalized spacial score (nSPS) is 16.4. The number of furan rings is 2. The third kappa shape index (κ3) is 5.32. The highest BCUT2D eigenvalue weighted by atomic mass is 16.3. The fraction of sp³-hybridized carbons (Fsp3) is 0.0145. The van der Waals surface area contributed by atoms with Crippen molar-refractivity contribution in [2.75, 3.05) is 0 Å². The molecule has 11 aromatic carbocycles. The number of aromatic nitrogens is 4. The van der Waals surface area contributed by atoms with Gasteiger partial charge >= 0.3 is 0 Å². The Hall–Kier alpha value is -10.8. The van der Waals surface area contributed by atoms with Crippen LogP contribution in [-0.4, -0.2) is 18.3 Å². The number of rotatable bonds is 4. The Morgan fingerprint density at radius 3 is 1.42 bits per heavy atom. The zero-order valence-electron chi connectivity index (χ0n) is 61.2. The molecular formula is C69H38N6O2. The molecule has 8 nitrogen and oxygen atoms in total. The predicted octanol–water partition coefficient (Wildman–Crippen LogP) is 18.6. The highest BCUT2D eigenvalue weighted by Crippen LogP contribution is 2.53. The molecule has 6 heterocycles. The van der Waals surface area contributed by atoms with Gasteiger partial charge in [-0.25, -0.2) is 4.85 Å². The quantitative estimate of drug-likeness (QED) is 0.165. The van der Waals surface area contributed by atoms with Crippen molar-refractivity contribution in [3.8, 4) is 28.8 Å². The van der Waals surface area contributed by atoms with Gasteiger partial charge in [-0.15, -0.1) is 0 Å². The first kappa shape index (κ1) is 25.9. The average Bonchev–Trinajstić information content (AvgIpc) is 1.53. The summed E-state index contributed by atoms with van der Waals surface area (Å²) in [6.07, 6.45) is 0. The molecular weight excluding hydrogens is 945 g/mol. The van der Waals surface area contributed by atoms with E-state index in [1.165, 1.54) is 4.57 Å². The summed E-state index contributed by atoms with van der Waals surface area (Å²) < 4.78 is 226. The molecule has 8 heteroatoms. The van der Waals surface area contributed by atoms with Crippen LogP contribution in [0.25, 0.3) is 159 Å². The molecule has 0 radical (unpaired) electrons. The van der Waals surface area contributed by atoms with Crippen LogP contribution >= 0.6 is 0 Å². The molecule has 0 saturated heterocycles. The number of fused-ring (bicyclic) bond motifs is 20. The van der Waals surface area contributed by atoms with Crippen LogP contribution in [0, 0.1) is 24.8 Å². The Kier molecular flexibility index (Phi) is 5.10. The second-order valence-corrected chi connectivity index (χ2v) is 18.4. The predicted molar refractivity (Wildman–Crippen MR) is 314 cm³/mol. The molecule has 0 aliphatic carbocycles. The van der Waals surface area contributed by atoms with Gasteiger partial charge in [0, 0.05) is 68.7 Å². The van der Waals surface area contributed by atoms with E-state index in [0.717, 1.165) is 4.57 Å². The third-order valence-electron chi connectivity index (χ3n) is 14.7. The largest absolute Gasteiger partial charge is 0.454 e. The summed E-state index contributed by atoms with van der Waals surface area (Å²) in [5, 5.41) is 11.8. The lowest BCUT2D eigenvalue weighted by molar-refractivity contribution is 0.670. The molecule has 0 atom stereocenters. The average molecular weight is 1010 g/mol. The van der Waals surface area contributed by atoms with Crippen molar-refractivity contribution < 1.29 is 39.0 Å². The van der Waals surface area contributed by atoms with Gasteiger partial charge in [-0.05, 0) is 73.4 Å². The highest BCUT2D eigenvalue weighted by molar-refractivity contribution is 6.25. The highest BCUT2D eigenvalue weighted by Gasteiger charge is 2.36. The molecule has 0 bridgehead atoms. The number of nitrogens with zero attached hydrogens (tertiary/aromatic N) is 6. The Morgan fingerprint density at radius 1 is 0.429 bits per heavy atom. The van der Waals surface area contributed by atoms with Gasteiger partial charge in [0.05, 0.1) is 105 Å². The summed E-state index contributed by atoms with van der Waals surface area (Å²) in [7, 11) is 0. The molecule has 0 spiro atoms. The summed E-state index contributed by atoms with van der Waals surface area (Å²) in [4.78, 5) is 4.42. The topological polar surface area (TPSA) is 74.2 Å². The molecule has 356 valence electrons. The van der Waals surface area contributed by atoms with E-state index >= 15 is 0 Å². The Bertz CT molecular complexity index is 6610. The lowest BCUT2D eigenvalue weighted by atomic mass is 10.0. The summed E-state index contributed by atoms with van der Waals surface area (Å²) in [5.74, 6) is 0. The van der Waals surface area contributed by atoms with Gasteiger partial charge in [0.15, 0.2) is 11.2 Å². The number of benzene rings is 11. The van der Waals surface area contributed by atoms with Crippen LogP contribution < -0.4 is 0 Å². The van der Waals surface area contributed by atoms with Crippen molar-refractivity contribution >= 4 is 137 Å². The van der Waals surface area contributed by atoms with Crippen LogP contribution in [0.2, 0.25) is 0 Å². The molecule has 6 aromatic heterocycles. The fourth-order valence-electron chi connectivity index (χ4n) is 11.8. The van der Waals surface area contributed by atoms with E-state index in [2.05, 4.69) is 10.9 Å².